The Kier molecular flexibility index (Phi) is 6.79. The molecule has 0 fully saturated rings. The fourth-order valence-corrected chi connectivity index (χ4v) is 2.24. The van der Waals surface area contributed by atoms with E-state index in [-0.39, 0.29) is 17.7 Å². The summed E-state index contributed by atoms with van der Waals surface area (Å²) >= 11 is 0. The van der Waals surface area contributed by atoms with Gasteiger partial charge in [0.15, 0.2) is 0 Å². The number of allylic oxidation sites excluding steroid dienone is 2. The van der Waals surface area contributed by atoms with Crippen LogP contribution in [-0.4, -0.2) is 23.3 Å². The SMILES string of the molecule is C=CC(=O)N=C/C=C\C(=C(/C)N)C1NC(C(C)C(=C)O)=C1/C=C\N. The van der Waals surface area contributed by atoms with Crippen LogP contribution in [0, 0.1) is 5.92 Å². The Bertz CT molecular complexity index is 677. The Morgan fingerprint density at radius 3 is 2.67 bits per heavy atom. The Hall–Kier alpha value is -3.02. The van der Waals surface area contributed by atoms with Crippen molar-refractivity contribution in [2.75, 3.05) is 0 Å². The van der Waals surface area contributed by atoms with Gasteiger partial charge in [0.05, 0.1) is 17.7 Å². The molecule has 1 rings (SSSR count). The predicted molar refractivity (Wildman–Crippen MR) is 97.9 cm³/mol. The van der Waals surface area contributed by atoms with Crippen molar-refractivity contribution in [3.8, 4) is 0 Å². The summed E-state index contributed by atoms with van der Waals surface area (Å²) in [6.45, 7) is 10.5. The molecule has 2 unspecified atom stereocenters. The molecular formula is C18H24N4O2. The average molecular weight is 328 g/mol. The summed E-state index contributed by atoms with van der Waals surface area (Å²) in [5, 5.41) is 12.9. The molecule has 128 valence electrons. The molecule has 1 aliphatic heterocycles. The van der Waals surface area contributed by atoms with Gasteiger partial charge in [-0.1, -0.05) is 19.2 Å². The number of carbonyl (C=O) groups is 1. The maximum Gasteiger partial charge on any atom is 0.269 e. The minimum Gasteiger partial charge on any atom is -0.512 e. The molecule has 1 amide bonds. The maximum atomic E-state index is 11.0. The highest BCUT2D eigenvalue weighted by molar-refractivity contribution is 5.95. The molecule has 0 saturated carbocycles. The van der Waals surface area contributed by atoms with Crippen LogP contribution < -0.4 is 16.8 Å². The van der Waals surface area contributed by atoms with Gasteiger partial charge in [0, 0.05) is 17.6 Å². The molecule has 0 aromatic heterocycles. The summed E-state index contributed by atoms with van der Waals surface area (Å²) in [7, 11) is 0. The molecule has 0 aromatic rings. The number of nitrogens with one attached hydrogen (secondary N) is 1. The van der Waals surface area contributed by atoms with Crippen LogP contribution in [0.4, 0.5) is 0 Å². The van der Waals surface area contributed by atoms with Crippen LogP contribution >= 0.6 is 0 Å². The average Bonchev–Trinajstić information content (AvgIpc) is 2.52. The molecule has 6 nitrogen and oxygen atoms in total. The first-order valence-corrected chi connectivity index (χ1v) is 7.43. The number of nitrogens with zero attached hydrogens (tertiary/aromatic N) is 1. The summed E-state index contributed by atoms with van der Waals surface area (Å²) in [5.74, 6) is -0.581. The van der Waals surface area contributed by atoms with Crippen molar-refractivity contribution in [3.63, 3.8) is 0 Å². The molecule has 0 bridgehead atoms. The molecule has 1 heterocycles. The van der Waals surface area contributed by atoms with Gasteiger partial charge in [0.2, 0.25) is 0 Å². The third kappa shape index (κ3) is 4.49. The number of amides is 1. The van der Waals surface area contributed by atoms with E-state index < -0.39 is 5.91 Å². The maximum absolute atomic E-state index is 11.0. The number of carbonyl (C=O) groups excluding carboxylic acids is 1. The molecule has 1 aliphatic rings. The van der Waals surface area contributed by atoms with Gasteiger partial charge in [-0.05, 0) is 49.4 Å². The predicted octanol–water partition coefficient (Wildman–Crippen LogP) is 1.96. The van der Waals surface area contributed by atoms with E-state index in [2.05, 4.69) is 23.5 Å². The third-order valence-electron chi connectivity index (χ3n) is 3.64. The minimum absolute atomic E-state index is 0.0690. The first-order chi connectivity index (χ1) is 11.3. The zero-order chi connectivity index (χ0) is 18.3. The van der Waals surface area contributed by atoms with Gasteiger partial charge in [-0.2, -0.15) is 0 Å². The zero-order valence-corrected chi connectivity index (χ0v) is 14.0. The fourth-order valence-electron chi connectivity index (χ4n) is 2.24. The molecule has 6 N–H and O–H groups in total. The second-order valence-corrected chi connectivity index (χ2v) is 5.34. The van der Waals surface area contributed by atoms with E-state index in [4.69, 9.17) is 11.5 Å². The zero-order valence-electron chi connectivity index (χ0n) is 14.0. The molecule has 0 radical (unpaired) electrons. The first-order valence-electron chi connectivity index (χ1n) is 7.43. The van der Waals surface area contributed by atoms with Crippen LogP contribution in [0.15, 0.2) is 77.0 Å². The summed E-state index contributed by atoms with van der Waals surface area (Å²) in [4.78, 5) is 14.7. The lowest BCUT2D eigenvalue weighted by atomic mass is 9.83. The minimum atomic E-state index is -0.416. The van der Waals surface area contributed by atoms with Gasteiger partial charge < -0.3 is 21.9 Å². The molecule has 0 aliphatic carbocycles. The summed E-state index contributed by atoms with van der Waals surface area (Å²) in [5.41, 5.74) is 14.7. The van der Waals surface area contributed by atoms with Gasteiger partial charge in [-0.3, -0.25) is 4.79 Å². The molecule has 0 aromatic carbocycles. The number of aliphatic hydroxyl groups excluding tert-OH is 1. The number of rotatable bonds is 7. The molecule has 2 atom stereocenters. The van der Waals surface area contributed by atoms with E-state index in [1.165, 1.54) is 12.4 Å². The lowest BCUT2D eigenvalue weighted by Crippen LogP contribution is -2.46. The highest BCUT2D eigenvalue weighted by Crippen LogP contribution is 2.33. The molecule has 0 saturated heterocycles. The Morgan fingerprint density at radius 1 is 1.50 bits per heavy atom. The highest BCUT2D eigenvalue weighted by Gasteiger charge is 2.33. The quantitative estimate of drug-likeness (QED) is 0.247. The van der Waals surface area contributed by atoms with E-state index >= 15 is 0 Å². The van der Waals surface area contributed by atoms with Gasteiger partial charge in [-0.15, -0.1) is 0 Å². The van der Waals surface area contributed by atoms with Crippen LogP contribution in [0.3, 0.4) is 0 Å². The van der Waals surface area contributed by atoms with Crippen LogP contribution in [0.1, 0.15) is 13.8 Å². The molecule has 24 heavy (non-hydrogen) atoms. The Labute approximate surface area is 142 Å². The topological polar surface area (TPSA) is 114 Å². The molecule has 6 heteroatoms. The van der Waals surface area contributed by atoms with Crippen molar-refractivity contribution in [2.24, 2.45) is 22.4 Å². The standard InChI is InChI=1S/C18H24N4O2/c1-5-16(24)21-10-6-7-14(12(3)20)18-15(8-9-19)17(22-18)11(2)13(4)23/h5-11,18,22-23H,1,4,19-20H2,2-3H3/b7-6-,9-8-,14-12-,21-10?. The van der Waals surface area contributed by atoms with Crippen molar-refractivity contribution >= 4 is 12.1 Å². The number of nitrogens with two attached hydrogens (primary N) is 2. The van der Waals surface area contributed by atoms with E-state index in [1.807, 2.05) is 6.92 Å². The van der Waals surface area contributed by atoms with Gasteiger partial charge in [-0.25, -0.2) is 4.99 Å². The van der Waals surface area contributed by atoms with Gasteiger partial charge in [0.1, 0.15) is 0 Å². The van der Waals surface area contributed by atoms with Gasteiger partial charge in [0.25, 0.3) is 5.91 Å². The van der Waals surface area contributed by atoms with Crippen molar-refractivity contribution in [2.45, 2.75) is 19.9 Å². The number of aliphatic imine (C=N–C) groups is 1. The lowest BCUT2D eigenvalue weighted by molar-refractivity contribution is -0.113. The number of hydrogen-bond donors (Lipinski definition) is 4. The van der Waals surface area contributed by atoms with Crippen LogP contribution in [0.25, 0.3) is 0 Å². The van der Waals surface area contributed by atoms with Gasteiger partial charge >= 0.3 is 0 Å². The highest BCUT2D eigenvalue weighted by atomic mass is 16.3. The fraction of sp³-hybridized carbons (Fsp3) is 0.222. The van der Waals surface area contributed by atoms with Crippen LogP contribution in [0.2, 0.25) is 0 Å². The van der Waals surface area contributed by atoms with E-state index in [0.717, 1.165) is 22.9 Å². The second kappa shape index (κ2) is 8.57. The monoisotopic (exact) mass is 328 g/mol. The van der Waals surface area contributed by atoms with E-state index in [1.54, 1.807) is 25.2 Å². The summed E-state index contributed by atoms with van der Waals surface area (Å²) in [6.07, 6.45) is 9.12. The van der Waals surface area contributed by atoms with E-state index in [9.17, 15) is 9.90 Å². The first kappa shape index (κ1) is 19.0. The lowest BCUT2D eigenvalue weighted by Gasteiger charge is -2.38. The molecular weight excluding hydrogens is 304 g/mol. The van der Waals surface area contributed by atoms with Crippen molar-refractivity contribution in [1.82, 2.24) is 5.32 Å². The third-order valence-corrected chi connectivity index (χ3v) is 3.64. The smallest absolute Gasteiger partial charge is 0.269 e. The van der Waals surface area contributed by atoms with Crippen LogP contribution in [0.5, 0.6) is 0 Å². The normalized spacial score (nSPS) is 20.0. The number of hydrogen-bond acceptors (Lipinski definition) is 5. The van der Waals surface area contributed by atoms with Crippen molar-refractivity contribution in [3.05, 3.63) is 72.0 Å². The number of aliphatic hydroxyl groups is 1. The summed E-state index contributed by atoms with van der Waals surface area (Å²) in [6, 6.07) is -0.161. The van der Waals surface area contributed by atoms with E-state index in [0.29, 0.717) is 5.70 Å². The molecule has 0 spiro atoms. The van der Waals surface area contributed by atoms with Crippen molar-refractivity contribution < 1.29 is 9.90 Å². The second-order valence-electron chi connectivity index (χ2n) is 5.34. The summed E-state index contributed by atoms with van der Waals surface area (Å²) < 4.78 is 0. The van der Waals surface area contributed by atoms with Crippen molar-refractivity contribution in [1.29, 1.82) is 0 Å². The largest absolute Gasteiger partial charge is 0.512 e. The Balaban J connectivity index is 3.08. The Morgan fingerprint density at radius 2 is 2.17 bits per heavy atom. The van der Waals surface area contributed by atoms with Crippen LogP contribution in [-0.2, 0) is 4.79 Å².